The van der Waals surface area contributed by atoms with Gasteiger partial charge < -0.3 is 9.73 Å². The molecule has 0 bridgehead atoms. The van der Waals surface area contributed by atoms with Gasteiger partial charge in [-0.25, -0.2) is 8.78 Å². The zero-order chi connectivity index (χ0) is 14.0. The Kier molecular flexibility index (Phi) is 4.00. The number of rotatable bonds is 4. The molecule has 2 nitrogen and oxygen atoms in total. The maximum atomic E-state index is 14.0. The van der Waals surface area contributed by atoms with Crippen LogP contribution in [0.2, 0.25) is 0 Å². The van der Waals surface area contributed by atoms with Gasteiger partial charge in [-0.05, 0) is 38.5 Å². The molecule has 102 valence electrons. The van der Waals surface area contributed by atoms with Crippen molar-refractivity contribution in [2.45, 2.75) is 32.9 Å². The molecule has 0 saturated heterocycles. The minimum atomic E-state index is -0.553. The summed E-state index contributed by atoms with van der Waals surface area (Å²) in [4.78, 5) is 0. The lowest BCUT2D eigenvalue weighted by Gasteiger charge is -2.21. The second-order valence-corrected chi connectivity index (χ2v) is 4.93. The van der Waals surface area contributed by atoms with Gasteiger partial charge in [0.15, 0.2) is 0 Å². The number of benzene rings is 1. The van der Waals surface area contributed by atoms with E-state index < -0.39 is 11.6 Å². The fourth-order valence-corrected chi connectivity index (χ4v) is 2.04. The Balaban J connectivity index is 2.46. The van der Waals surface area contributed by atoms with Crippen LogP contribution in [0.5, 0.6) is 0 Å². The van der Waals surface area contributed by atoms with Crippen LogP contribution in [0.4, 0.5) is 8.78 Å². The Labute approximate surface area is 111 Å². The molecule has 1 unspecified atom stereocenters. The van der Waals surface area contributed by atoms with E-state index in [0.717, 1.165) is 11.6 Å². The van der Waals surface area contributed by atoms with Crippen molar-refractivity contribution in [2.75, 3.05) is 0 Å². The van der Waals surface area contributed by atoms with Crippen molar-refractivity contribution in [3.05, 3.63) is 59.1 Å². The van der Waals surface area contributed by atoms with Gasteiger partial charge in [-0.15, -0.1) is 0 Å². The van der Waals surface area contributed by atoms with Crippen LogP contribution in [-0.2, 0) is 0 Å². The van der Waals surface area contributed by atoms with Crippen molar-refractivity contribution < 1.29 is 13.2 Å². The highest BCUT2D eigenvalue weighted by Crippen LogP contribution is 2.27. The third-order valence-electron chi connectivity index (χ3n) is 2.97. The quantitative estimate of drug-likeness (QED) is 0.905. The Morgan fingerprint density at radius 1 is 1.16 bits per heavy atom. The van der Waals surface area contributed by atoms with Crippen LogP contribution in [0.15, 0.2) is 35.1 Å². The van der Waals surface area contributed by atoms with Gasteiger partial charge in [0, 0.05) is 23.2 Å². The summed E-state index contributed by atoms with van der Waals surface area (Å²) in [5, 5.41) is 3.26. The van der Waals surface area contributed by atoms with Crippen LogP contribution in [0, 0.1) is 18.6 Å². The van der Waals surface area contributed by atoms with E-state index in [1.54, 1.807) is 25.5 Å². The van der Waals surface area contributed by atoms with Gasteiger partial charge in [0.1, 0.15) is 11.6 Å². The number of halogens is 2. The van der Waals surface area contributed by atoms with Crippen LogP contribution < -0.4 is 5.32 Å². The molecule has 1 aromatic heterocycles. The smallest absolute Gasteiger partial charge is 0.131 e. The van der Waals surface area contributed by atoms with Crippen LogP contribution in [0.3, 0.4) is 0 Å². The molecule has 1 aromatic carbocycles. The van der Waals surface area contributed by atoms with Crippen molar-refractivity contribution in [1.29, 1.82) is 0 Å². The molecule has 2 aromatic rings. The molecule has 0 aliphatic rings. The average Bonchev–Trinajstić information content (AvgIpc) is 2.84. The summed E-state index contributed by atoms with van der Waals surface area (Å²) in [6, 6.07) is 4.05. The predicted molar refractivity (Wildman–Crippen MR) is 69.9 cm³/mol. The summed E-state index contributed by atoms with van der Waals surface area (Å²) in [6.45, 7) is 5.57. The molecule has 0 fully saturated rings. The van der Waals surface area contributed by atoms with Crippen molar-refractivity contribution in [3.8, 4) is 0 Å². The molecule has 0 aliphatic heterocycles. The van der Waals surface area contributed by atoms with Crippen molar-refractivity contribution in [3.63, 3.8) is 0 Å². The molecule has 1 atom stereocenters. The molecule has 4 heteroatoms. The molecule has 19 heavy (non-hydrogen) atoms. The van der Waals surface area contributed by atoms with Crippen LogP contribution >= 0.6 is 0 Å². The minimum Gasteiger partial charge on any atom is -0.472 e. The minimum absolute atomic E-state index is 0.157. The third kappa shape index (κ3) is 3.01. The molecule has 0 spiro atoms. The van der Waals surface area contributed by atoms with Gasteiger partial charge in [0.2, 0.25) is 0 Å². The van der Waals surface area contributed by atoms with Crippen LogP contribution in [-0.4, -0.2) is 6.04 Å². The second kappa shape index (κ2) is 5.53. The zero-order valence-corrected chi connectivity index (χ0v) is 11.2. The van der Waals surface area contributed by atoms with Gasteiger partial charge >= 0.3 is 0 Å². The Morgan fingerprint density at radius 2 is 1.89 bits per heavy atom. The standard InChI is InChI=1S/C15H17F2NO/c1-9(2)18-15(11-4-5-19-8-11)12-6-10(3)13(16)7-14(12)17/h4-9,15,18H,1-3H3. The lowest BCUT2D eigenvalue weighted by Crippen LogP contribution is -2.29. The summed E-state index contributed by atoms with van der Waals surface area (Å²) in [5.41, 5.74) is 1.67. The lowest BCUT2D eigenvalue weighted by molar-refractivity contribution is 0.489. The van der Waals surface area contributed by atoms with E-state index in [2.05, 4.69) is 5.32 Å². The number of hydrogen-bond donors (Lipinski definition) is 1. The first-order valence-electron chi connectivity index (χ1n) is 6.22. The van der Waals surface area contributed by atoms with E-state index in [1.165, 1.54) is 6.07 Å². The summed E-state index contributed by atoms with van der Waals surface area (Å²) in [6.07, 6.45) is 3.11. The van der Waals surface area contributed by atoms with Crippen molar-refractivity contribution >= 4 is 0 Å². The van der Waals surface area contributed by atoms with Crippen LogP contribution in [0.25, 0.3) is 0 Å². The topological polar surface area (TPSA) is 25.2 Å². The fourth-order valence-electron chi connectivity index (χ4n) is 2.04. The summed E-state index contributed by atoms with van der Waals surface area (Å²) >= 11 is 0. The first kappa shape index (κ1) is 13.7. The highest BCUT2D eigenvalue weighted by Gasteiger charge is 2.21. The van der Waals surface area contributed by atoms with E-state index in [4.69, 9.17) is 4.42 Å². The molecule has 0 amide bonds. The summed E-state index contributed by atoms with van der Waals surface area (Å²) in [7, 11) is 0. The number of aryl methyl sites for hydroxylation is 1. The highest BCUT2D eigenvalue weighted by atomic mass is 19.1. The molecule has 0 aliphatic carbocycles. The first-order chi connectivity index (χ1) is 8.99. The second-order valence-electron chi connectivity index (χ2n) is 4.93. The maximum Gasteiger partial charge on any atom is 0.131 e. The predicted octanol–water partition coefficient (Wildman–Crippen LogP) is 3.95. The Hall–Kier alpha value is -1.68. The number of furan rings is 1. The molecule has 1 heterocycles. The fraction of sp³-hybridized carbons (Fsp3) is 0.333. The number of nitrogens with one attached hydrogen (secondary N) is 1. The molecule has 2 rings (SSSR count). The number of hydrogen-bond acceptors (Lipinski definition) is 2. The molecule has 0 radical (unpaired) electrons. The Morgan fingerprint density at radius 3 is 2.47 bits per heavy atom. The van der Waals surface area contributed by atoms with E-state index in [1.807, 2.05) is 13.8 Å². The third-order valence-corrected chi connectivity index (χ3v) is 2.97. The molecular formula is C15H17F2NO. The van der Waals surface area contributed by atoms with Gasteiger partial charge in [-0.3, -0.25) is 0 Å². The van der Waals surface area contributed by atoms with E-state index in [0.29, 0.717) is 11.1 Å². The maximum absolute atomic E-state index is 14.0. The van der Waals surface area contributed by atoms with Gasteiger partial charge in [0.25, 0.3) is 0 Å². The highest BCUT2D eigenvalue weighted by molar-refractivity contribution is 5.34. The van der Waals surface area contributed by atoms with Crippen LogP contribution in [0.1, 0.15) is 36.6 Å². The zero-order valence-electron chi connectivity index (χ0n) is 11.2. The summed E-state index contributed by atoms with van der Waals surface area (Å²) in [5.74, 6) is -1.08. The van der Waals surface area contributed by atoms with Crippen molar-refractivity contribution in [2.24, 2.45) is 0 Å². The first-order valence-corrected chi connectivity index (χ1v) is 6.22. The van der Waals surface area contributed by atoms with Crippen molar-refractivity contribution in [1.82, 2.24) is 5.32 Å². The normalized spacial score (nSPS) is 12.9. The molecule has 0 saturated carbocycles. The Bertz CT molecular complexity index is 550. The lowest BCUT2D eigenvalue weighted by atomic mass is 9.98. The largest absolute Gasteiger partial charge is 0.472 e. The summed E-state index contributed by atoms with van der Waals surface area (Å²) < 4.78 is 32.4. The average molecular weight is 265 g/mol. The molecular weight excluding hydrogens is 248 g/mol. The van der Waals surface area contributed by atoms with Gasteiger partial charge in [0.05, 0.1) is 18.6 Å². The van der Waals surface area contributed by atoms with Gasteiger partial charge in [-0.1, -0.05) is 0 Å². The molecule has 1 N–H and O–H groups in total. The van der Waals surface area contributed by atoms with Gasteiger partial charge in [-0.2, -0.15) is 0 Å². The van der Waals surface area contributed by atoms with E-state index >= 15 is 0 Å². The van der Waals surface area contributed by atoms with E-state index in [-0.39, 0.29) is 12.1 Å². The monoisotopic (exact) mass is 265 g/mol. The SMILES string of the molecule is Cc1cc(C(NC(C)C)c2ccoc2)c(F)cc1F. The van der Waals surface area contributed by atoms with E-state index in [9.17, 15) is 8.78 Å².